The summed E-state index contributed by atoms with van der Waals surface area (Å²) in [5.74, 6) is -0.489. The summed E-state index contributed by atoms with van der Waals surface area (Å²) in [6.45, 7) is 2.68. The monoisotopic (exact) mass is 357 g/mol. The molecule has 26 heavy (non-hydrogen) atoms. The highest BCUT2D eigenvalue weighted by Crippen LogP contribution is 2.43. The van der Waals surface area contributed by atoms with Crippen LogP contribution in [0.5, 0.6) is 0 Å². The summed E-state index contributed by atoms with van der Waals surface area (Å²) in [6, 6.07) is 10.7. The van der Waals surface area contributed by atoms with Crippen LogP contribution >= 0.6 is 0 Å². The van der Waals surface area contributed by atoms with Crippen molar-refractivity contribution in [3.8, 4) is 0 Å². The summed E-state index contributed by atoms with van der Waals surface area (Å²) >= 11 is 0. The molecule has 1 amide bonds. The van der Waals surface area contributed by atoms with Gasteiger partial charge in [0.2, 0.25) is 0 Å². The van der Waals surface area contributed by atoms with E-state index in [0.717, 1.165) is 12.0 Å². The second-order valence-corrected chi connectivity index (χ2v) is 6.50. The Labute approximate surface area is 150 Å². The number of amides is 1. The largest absolute Gasteiger partial charge is 0.359 e. The molecule has 1 fully saturated rings. The number of halogens is 1. The van der Waals surface area contributed by atoms with E-state index in [0.29, 0.717) is 12.2 Å². The first-order valence-corrected chi connectivity index (χ1v) is 8.45. The molecule has 6 nitrogen and oxygen atoms in total. The number of hydrogen-bond acceptors (Lipinski definition) is 4. The zero-order valence-electron chi connectivity index (χ0n) is 14.6. The number of nitrogens with one attached hydrogen (secondary N) is 1. The van der Waals surface area contributed by atoms with E-state index in [1.807, 2.05) is 11.0 Å². The second kappa shape index (κ2) is 7.11. The molecule has 3 rings (SSSR count). The molecular formula is C19H20FN3O3. The zero-order chi connectivity index (χ0) is 18.8. The van der Waals surface area contributed by atoms with Crippen LogP contribution in [0, 0.1) is 21.8 Å². The summed E-state index contributed by atoms with van der Waals surface area (Å²) in [4.78, 5) is 24.9. The fraction of sp³-hybridized carbons (Fsp3) is 0.316. The second-order valence-electron chi connectivity index (χ2n) is 6.50. The maximum Gasteiger partial charge on any atom is 0.293 e. The van der Waals surface area contributed by atoms with Crippen LogP contribution in [-0.4, -0.2) is 24.4 Å². The highest BCUT2D eigenvalue weighted by atomic mass is 19.1. The minimum absolute atomic E-state index is 0.124. The Kier molecular flexibility index (Phi) is 4.88. The molecule has 1 aliphatic heterocycles. The number of nitro groups is 1. The van der Waals surface area contributed by atoms with Gasteiger partial charge in [0, 0.05) is 25.2 Å². The third-order valence-corrected chi connectivity index (χ3v) is 4.86. The SMILES string of the molecule is CNC(=O)c1ccc(N2CCC(C)C2c2cccc(F)c2)c([N+](=O)[O-])c1. The average Bonchev–Trinajstić information content (AvgIpc) is 3.01. The van der Waals surface area contributed by atoms with Gasteiger partial charge in [-0.25, -0.2) is 4.39 Å². The fourth-order valence-corrected chi connectivity index (χ4v) is 3.61. The Morgan fingerprint density at radius 1 is 1.31 bits per heavy atom. The lowest BCUT2D eigenvalue weighted by atomic mass is 9.95. The van der Waals surface area contributed by atoms with Gasteiger partial charge in [-0.05, 0) is 42.2 Å². The van der Waals surface area contributed by atoms with E-state index in [-0.39, 0.29) is 34.9 Å². The number of carbonyl (C=O) groups is 1. The van der Waals surface area contributed by atoms with Gasteiger partial charge in [0.25, 0.3) is 11.6 Å². The summed E-state index contributed by atoms with van der Waals surface area (Å²) in [5.41, 5.74) is 1.35. The Balaban J connectivity index is 2.06. The first kappa shape index (κ1) is 17.8. The number of anilines is 1. The third kappa shape index (κ3) is 3.24. The molecule has 1 heterocycles. The van der Waals surface area contributed by atoms with Gasteiger partial charge in [0.15, 0.2) is 0 Å². The van der Waals surface area contributed by atoms with Gasteiger partial charge in [-0.2, -0.15) is 0 Å². The number of nitro benzene ring substituents is 1. The van der Waals surface area contributed by atoms with Crippen molar-refractivity contribution in [2.24, 2.45) is 5.92 Å². The maximum absolute atomic E-state index is 13.7. The van der Waals surface area contributed by atoms with E-state index >= 15 is 0 Å². The van der Waals surface area contributed by atoms with Gasteiger partial charge >= 0.3 is 0 Å². The minimum Gasteiger partial charge on any atom is -0.359 e. The van der Waals surface area contributed by atoms with Crippen LogP contribution in [0.4, 0.5) is 15.8 Å². The van der Waals surface area contributed by atoms with Gasteiger partial charge in [-0.3, -0.25) is 14.9 Å². The van der Waals surface area contributed by atoms with Gasteiger partial charge < -0.3 is 10.2 Å². The number of rotatable bonds is 4. The lowest BCUT2D eigenvalue weighted by molar-refractivity contribution is -0.384. The van der Waals surface area contributed by atoms with E-state index in [9.17, 15) is 19.3 Å². The summed E-state index contributed by atoms with van der Waals surface area (Å²) < 4.78 is 13.7. The van der Waals surface area contributed by atoms with E-state index < -0.39 is 4.92 Å². The highest BCUT2D eigenvalue weighted by molar-refractivity contribution is 5.95. The molecule has 2 aromatic carbocycles. The van der Waals surface area contributed by atoms with E-state index in [2.05, 4.69) is 12.2 Å². The molecule has 0 radical (unpaired) electrons. The molecule has 0 aromatic heterocycles. The average molecular weight is 357 g/mol. The first-order valence-electron chi connectivity index (χ1n) is 8.45. The molecule has 1 aliphatic rings. The molecule has 0 aliphatic carbocycles. The molecule has 0 saturated carbocycles. The van der Waals surface area contributed by atoms with Crippen molar-refractivity contribution < 1.29 is 14.1 Å². The first-order chi connectivity index (χ1) is 12.4. The number of hydrogen-bond donors (Lipinski definition) is 1. The molecule has 1 N–H and O–H groups in total. The van der Waals surface area contributed by atoms with Crippen LogP contribution in [-0.2, 0) is 0 Å². The highest BCUT2D eigenvalue weighted by Gasteiger charge is 2.36. The van der Waals surface area contributed by atoms with E-state index in [1.165, 1.54) is 25.2 Å². The van der Waals surface area contributed by atoms with Crippen molar-refractivity contribution >= 4 is 17.3 Å². The standard InChI is InChI=1S/C19H20FN3O3/c1-12-8-9-22(18(12)13-4-3-5-15(20)10-13)16-7-6-14(19(24)21-2)11-17(16)23(25)26/h3-7,10-12,18H,8-9H2,1-2H3,(H,21,24). The lowest BCUT2D eigenvalue weighted by Gasteiger charge is -2.29. The summed E-state index contributed by atoms with van der Waals surface area (Å²) in [5, 5.41) is 14.1. The predicted molar refractivity (Wildman–Crippen MR) is 96.8 cm³/mol. The van der Waals surface area contributed by atoms with E-state index in [4.69, 9.17) is 0 Å². The molecule has 2 unspecified atom stereocenters. The molecule has 1 saturated heterocycles. The van der Waals surface area contributed by atoms with E-state index in [1.54, 1.807) is 18.2 Å². The molecular weight excluding hydrogens is 337 g/mol. The Morgan fingerprint density at radius 2 is 2.08 bits per heavy atom. The topological polar surface area (TPSA) is 75.5 Å². The van der Waals surface area contributed by atoms with Crippen molar-refractivity contribution in [2.75, 3.05) is 18.5 Å². The maximum atomic E-state index is 13.7. The van der Waals surface area contributed by atoms with Crippen molar-refractivity contribution in [3.05, 3.63) is 69.5 Å². The molecule has 136 valence electrons. The van der Waals surface area contributed by atoms with Crippen molar-refractivity contribution in [3.63, 3.8) is 0 Å². The smallest absolute Gasteiger partial charge is 0.293 e. The van der Waals surface area contributed by atoms with Gasteiger partial charge in [-0.15, -0.1) is 0 Å². The predicted octanol–water partition coefficient (Wildman–Crippen LogP) is 3.68. The minimum atomic E-state index is -0.479. The Bertz CT molecular complexity index is 856. The third-order valence-electron chi connectivity index (χ3n) is 4.86. The molecule has 0 spiro atoms. The van der Waals surface area contributed by atoms with Crippen LogP contribution < -0.4 is 10.2 Å². The Hall–Kier alpha value is -2.96. The van der Waals surface area contributed by atoms with Gasteiger partial charge in [0.05, 0.1) is 11.0 Å². The molecule has 0 bridgehead atoms. The van der Waals surface area contributed by atoms with Crippen molar-refractivity contribution in [1.29, 1.82) is 0 Å². The molecule has 2 aromatic rings. The van der Waals surface area contributed by atoms with Crippen molar-refractivity contribution in [1.82, 2.24) is 5.32 Å². The molecule has 2 atom stereocenters. The number of nitrogens with zero attached hydrogens (tertiary/aromatic N) is 2. The number of benzene rings is 2. The van der Waals surface area contributed by atoms with Gasteiger partial charge in [0.1, 0.15) is 11.5 Å². The quantitative estimate of drug-likeness (QED) is 0.669. The zero-order valence-corrected chi connectivity index (χ0v) is 14.6. The fourth-order valence-electron chi connectivity index (χ4n) is 3.61. The van der Waals surface area contributed by atoms with Crippen LogP contribution in [0.1, 0.15) is 35.3 Å². The van der Waals surface area contributed by atoms with Crippen molar-refractivity contribution in [2.45, 2.75) is 19.4 Å². The van der Waals surface area contributed by atoms with Crippen LogP contribution in [0.15, 0.2) is 42.5 Å². The summed E-state index contributed by atoms with van der Waals surface area (Å²) in [7, 11) is 1.48. The van der Waals surface area contributed by atoms with Gasteiger partial charge in [-0.1, -0.05) is 19.1 Å². The lowest BCUT2D eigenvalue weighted by Crippen LogP contribution is -2.26. The molecule has 7 heteroatoms. The summed E-state index contributed by atoms with van der Waals surface area (Å²) in [6.07, 6.45) is 0.843. The normalized spacial score (nSPS) is 19.4. The van der Waals surface area contributed by atoms with Crippen LogP contribution in [0.25, 0.3) is 0 Å². The van der Waals surface area contributed by atoms with Crippen LogP contribution in [0.2, 0.25) is 0 Å². The Morgan fingerprint density at radius 3 is 2.73 bits per heavy atom. The number of carbonyl (C=O) groups excluding carboxylic acids is 1. The van der Waals surface area contributed by atoms with Crippen LogP contribution in [0.3, 0.4) is 0 Å².